The number of hydroxylamine groups is 2. The first-order valence-electron chi connectivity index (χ1n) is 8.75. The summed E-state index contributed by atoms with van der Waals surface area (Å²) in [5.41, 5.74) is 5.21. The molecule has 12 nitrogen and oxygen atoms in total. The van der Waals surface area contributed by atoms with Crippen molar-refractivity contribution in [1.29, 1.82) is 0 Å². The molecule has 0 spiro atoms. The molecule has 3 atom stereocenters. The number of amides is 1. The molecule has 6 N–H and O–H groups in total. The van der Waals surface area contributed by atoms with Crippen molar-refractivity contribution in [2.24, 2.45) is 0 Å². The molecule has 0 aliphatic carbocycles. The Balaban J connectivity index is 2.02. The minimum Gasteiger partial charge on any atom is -0.481 e. The second-order valence-electron chi connectivity index (χ2n) is 6.31. The number of carboxylic acid groups (broad SMARTS) is 1. The number of carbonyl (C=O) groups is 2. The van der Waals surface area contributed by atoms with E-state index in [0.717, 1.165) is 4.57 Å². The van der Waals surface area contributed by atoms with Gasteiger partial charge in [0.15, 0.2) is 0 Å². The van der Waals surface area contributed by atoms with Crippen LogP contribution in [-0.2, 0) is 14.3 Å². The number of nitrogens with zero attached hydrogens (tertiary/aromatic N) is 3. The number of nitrogen functional groups attached to an aromatic ring is 1. The summed E-state index contributed by atoms with van der Waals surface area (Å²) in [6.07, 6.45) is -1.83. The standard InChI is InChI=1S/C17H22N4O8/c18-16-10(3-1-2-6-21(28)13(24)4-5-15(25)26)8-20(17(27)19-16)14-7-11(23)12(9-22)29-14/h8,11-12,14,22-23,28H,2,4-7,9H2,(H,25,26)(H2,18,19,27). The number of aliphatic hydroxyl groups is 2. The molecule has 1 aliphatic rings. The van der Waals surface area contributed by atoms with Gasteiger partial charge in [-0.3, -0.25) is 19.4 Å². The number of hydrogen-bond donors (Lipinski definition) is 5. The summed E-state index contributed by atoms with van der Waals surface area (Å²) in [4.78, 5) is 37.7. The lowest BCUT2D eigenvalue weighted by molar-refractivity contribution is -0.166. The van der Waals surface area contributed by atoms with E-state index in [1.54, 1.807) is 0 Å². The van der Waals surface area contributed by atoms with Crippen molar-refractivity contribution in [2.75, 3.05) is 18.9 Å². The molecular formula is C17H22N4O8. The maximum Gasteiger partial charge on any atom is 0.351 e. The fourth-order valence-corrected chi connectivity index (χ4v) is 2.62. The van der Waals surface area contributed by atoms with E-state index in [4.69, 9.17) is 20.7 Å². The van der Waals surface area contributed by atoms with Gasteiger partial charge in [-0.05, 0) is 0 Å². The van der Waals surface area contributed by atoms with Gasteiger partial charge in [0, 0.05) is 25.5 Å². The van der Waals surface area contributed by atoms with Crippen molar-refractivity contribution < 1.29 is 34.9 Å². The number of hydrogen-bond acceptors (Lipinski definition) is 9. The number of ether oxygens (including phenoxy) is 1. The molecule has 1 aliphatic heterocycles. The molecule has 12 heteroatoms. The smallest absolute Gasteiger partial charge is 0.351 e. The highest BCUT2D eigenvalue weighted by Crippen LogP contribution is 2.27. The van der Waals surface area contributed by atoms with E-state index in [0.29, 0.717) is 5.06 Å². The highest BCUT2D eigenvalue weighted by atomic mass is 16.5. The summed E-state index contributed by atoms with van der Waals surface area (Å²) in [6, 6.07) is 0. The molecule has 2 rings (SSSR count). The van der Waals surface area contributed by atoms with Crippen LogP contribution in [0.2, 0.25) is 0 Å². The summed E-state index contributed by atoms with van der Waals surface area (Å²) in [5.74, 6) is 3.35. The first-order chi connectivity index (χ1) is 13.7. The number of rotatable bonds is 7. The largest absolute Gasteiger partial charge is 0.481 e. The van der Waals surface area contributed by atoms with Crippen LogP contribution in [0, 0.1) is 11.8 Å². The van der Waals surface area contributed by atoms with Crippen LogP contribution in [0.25, 0.3) is 0 Å². The summed E-state index contributed by atoms with van der Waals surface area (Å²) in [6.45, 7) is -0.543. The zero-order valence-corrected chi connectivity index (χ0v) is 15.4. The van der Waals surface area contributed by atoms with Gasteiger partial charge in [0.25, 0.3) is 0 Å². The van der Waals surface area contributed by atoms with Crippen molar-refractivity contribution in [3.8, 4) is 11.8 Å². The minimum atomic E-state index is -1.14. The fraction of sp³-hybridized carbons (Fsp3) is 0.529. The third-order valence-corrected chi connectivity index (χ3v) is 4.19. The van der Waals surface area contributed by atoms with Gasteiger partial charge in [0.05, 0.1) is 31.2 Å². The number of aromatic nitrogens is 2. The number of aliphatic carboxylic acids is 1. The Morgan fingerprint density at radius 2 is 2.14 bits per heavy atom. The minimum absolute atomic E-state index is 0.0547. The SMILES string of the molecule is Nc1nc(=O)n(C2CC(O)C(CO)O2)cc1C#CCCN(O)C(=O)CCC(=O)O. The number of anilines is 1. The normalized spacial score (nSPS) is 20.7. The monoisotopic (exact) mass is 410 g/mol. The van der Waals surface area contributed by atoms with E-state index < -0.39 is 42.6 Å². The number of carboxylic acids is 1. The van der Waals surface area contributed by atoms with Crippen LogP contribution in [0.3, 0.4) is 0 Å². The maximum absolute atomic E-state index is 12.1. The van der Waals surface area contributed by atoms with E-state index in [-0.39, 0.29) is 43.6 Å². The Hall–Kier alpha value is -2.98. The Morgan fingerprint density at radius 1 is 1.41 bits per heavy atom. The molecule has 1 aromatic heterocycles. The summed E-state index contributed by atoms with van der Waals surface area (Å²) < 4.78 is 6.54. The lowest BCUT2D eigenvalue weighted by Gasteiger charge is -2.15. The number of carbonyl (C=O) groups excluding carboxylic acids is 1. The van der Waals surface area contributed by atoms with E-state index in [9.17, 15) is 24.7 Å². The van der Waals surface area contributed by atoms with Gasteiger partial charge in [-0.25, -0.2) is 9.86 Å². The third kappa shape index (κ3) is 6.00. The Kier molecular flexibility index (Phi) is 7.68. The molecule has 3 unspecified atom stereocenters. The van der Waals surface area contributed by atoms with Gasteiger partial charge in [-0.15, -0.1) is 0 Å². The highest BCUT2D eigenvalue weighted by molar-refractivity contribution is 5.79. The van der Waals surface area contributed by atoms with Gasteiger partial charge in [0.1, 0.15) is 18.1 Å². The van der Waals surface area contributed by atoms with Crippen LogP contribution >= 0.6 is 0 Å². The summed E-state index contributed by atoms with van der Waals surface area (Å²) in [5, 5.41) is 37.4. The van der Waals surface area contributed by atoms with Crippen molar-refractivity contribution in [3.63, 3.8) is 0 Å². The molecule has 1 amide bonds. The maximum atomic E-state index is 12.1. The first kappa shape index (κ1) is 22.3. The quantitative estimate of drug-likeness (QED) is 0.197. The summed E-state index contributed by atoms with van der Waals surface area (Å²) in [7, 11) is 0. The lowest BCUT2D eigenvalue weighted by Crippen LogP contribution is -2.29. The molecule has 0 radical (unpaired) electrons. The number of aliphatic hydroxyl groups excluding tert-OH is 2. The first-order valence-corrected chi connectivity index (χ1v) is 8.75. The molecule has 0 bridgehead atoms. The van der Waals surface area contributed by atoms with Gasteiger partial charge in [-0.1, -0.05) is 11.8 Å². The van der Waals surface area contributed by atoms with Gasteiger partial charge >= 0.3 is 11.7 Å². The molecule has 0 aromatic carbocycles. The van der Waals surface area contributed by atoms with E-state index in [2.05, 4.69) is 16.8 Å². The van der Waals surface area contributed by atoms with Crippen LogP contribution < -0.4 is 11.4 Å². The second-order valence-corrected chi connectivity index (χ2v) is 6.31. The Morgan fingerprint density at radius 3 is 2.76 bits per heavy atom. The van der Waals surface area contributed by atoms with E-state index >= 15 is 0 Å². The van der Waals surface area contributed by atoms with Crippen molar-refractivity contribution in [2.45, 2.75) is 44.1 Å². The van der Waals surface area contributed by atoms with E-state index in [1.807, 2.05) is 0 Å². The van der Waals surface area contributed by atoms with Crippen LogP contribution in [0.4, 0.5) is 5.82 Å². The average molecular weight is 410 g/mol. The molecule has 1 aromatic rings. The van der Waals surface area contributed by atoms with Crippen molar-refractivity contribution in [3.05, 3.63) is 22.2 Å². The van der Waals surface area contributed by atoms with Crippen LogP contribution in [0.5, 0.6) is 0 Å². The van der Waals surface area contributed by atoms with Crippen molar-refractivity contribution in [1.82, 2.24) is 14.6 Å². The number of nitrogens with two attached hydrogens (primary N) is 1. The molecule has 1 saturated heterocycles. The second kappa shape index (κ2) is 9.99. The molecule has 158 valence electrons. The molecule has 2 heterocycles. The lowest BCUT2D eigenvalue weighted by atomic mass is 10.2. The zero-order chi connectivity index (χ0) is 21.6. The van der Waals surface area contributed by atoms with Crippen LogP contribution in [0.15, 0.2) is 11.0 Å². The topological polar surface area (TPSA) is 188 Å². The fourth-order valence-electron chi connectivity index (χ4n) is 2.62. The highest BCUT2D eigenvalue weighted by Gasteiger charge is 2.35. The van der Waals surface area contributed by atoms with Crippen molar-refractivity contribution >= 4 is 17.7 Å². The molecule has 0 saturated carbocycles. The molecular weight excluding hydrogens is 388 g/mol. The zero-order valence-electron chi connectivity index (χ0n) is 15.4. The van der Waals surface area contributed by atoms with Gasteiger partial charge in [0.2, 0.25) is 5.91 Å². The van der Waals surface area contributed by atoms with Crippen LogP contribution in [0.1, 0.15) is 37.5 Å². The van der Waals surface area contributed by atoms with Gasteiger partial charge in [-0.2, -0.15) is 4.98 Å². The predicted octanol–water partition coefficient (Wildman–Crippen LogP) is -1.71. The Labute approximate surface area is 165 Å². The molecule has 29 heavy (non-hydrogen) atoms. The average Bonchev–Trinajstić information content (AvgIpc) is 3.04. The Bertz CT molecular complexity index is 874. The van der Waals surface area contributed by atoms with Crippen LogP contribution in [-0.4, -0.2) is 72.4 Å². The molecule has 1 fully saturated rings. The summed E-state index contributed by atoms with van der Waals surface area (Å²) >= 11 is 0. The van der Waals surface area contributed by atoms with E-state index in [1.165, 1.54) is 6.20 Å². The predicted molar refractivity (Wildman–Crippen MR) is 96.4 cm³/mol. The third-order valence-electron chi connectivity index (χ3n) is 4.19. The van der Waals surface area contributed by atoms with Gasteiger partial charge < -0.3 is 25.8 Å².